The molecule has 0 fully saturated rings. The molecule has 1 heterocycles. The van der Waals surface area contributed by atoms with Crippen LogP contribution < -0.4 is 10.0 Å². The van der Waals surface area contributed by atoms with E-state index in [9.17, 15) is 13.2 Å². The van der Waals surface area contributed by atoms with Gasteiger partial charge in [0.2, 0.25) is 10.0 Å². The van der Waals surface area contributed by atoms with Crippen LogP contribution in [0.25, 0.3) is 0 Å². The molecule has 0 saturated carbocycles. The van der Waals surface area contributed by atoms with Gasteiger partial charge in [-0.3, -0.25) is 0 Å². The molecule has 1 aromatic carbocycles. The number of ether oxygens (including phenoxy) is 1. The molecule has 0 spiro atoms. The third-order valence-corrected chi connectivity index (χ3v) is 3.67. The second kappa shape index (κ2) is 5.83. The minimum absolute atomic E-state index is 0.0571. The van der Waals surface area contributed by atoms with Gasteiger partial charge in [0.15, 0.2) is 0 Å². The number of nitrogens with one attached hydrogen (secondary N) is 2. The molecule has 0 unspecified atom stereocenters. The maximum absolute atomic E-state index is 11.6. The van der Waals surface area contributed by atoms with Crippen LogP contribution in [0.2, 0.25) is 0 Å². The molecule has 1 aliphatic rings. The van der Waals surface area contributed by atoms with Crippen LogP contribution in [0.4, 0.5) is 5.69 Å². The predicted octanol–water partition coefficient (Wildman–Crippen LogP) is 1.16. The smallest absolute Gasteiger partial charge is 0.337 e. The van der Waals surface area contributed by atoms with Gasteiger partial charge >= 0.3 is 5.97 Å². The van der Waals surface area contributed by atoms with Crippen LogP contribution in [-0.4, -0.2) is 28.2 Å². The minimum atomic E-state index is -3.53. The second-order valence-electron chi connectivity index (χ2n) is 3.20. The minimum Gasteiger partial charge on any atom is -0.465 e. The molecule has 0 atom stereocenters. The number of esters is 1. The largest absolute Gasteiger partial charge is 0.465 e. The molecule has 0 amide bonds. The van der Waals surface area contributed by atoms with Crippen LogP contribution in [0.15, 0.2) is 23.1 Å². The monoisotopic (exact) mass is 272 g/mol. The molecule has 7 heteroatoms. The first kappa shape index (κ1) is 14.5. The summed E-state index contributed by atoms with van der Waals surface area (Å²) in [6.07, 6.45) is 0. The summed E-state index contributed by atoms with van der Waals surface area (Å²) in [6.45, 7) is 4.15. The first-order valence-corrected chi connectivity index (χ1v) is 6.99. The fourth-order valence-corrected chi connectivity index (χ4v) is 2.57. The summed E-state index contributed by atoms with van der Waals surface area (Å²) in [6, 6.07) is 4.34. The van der Waals surface area contributed by atoms with Crippen LogP contribution in [0.3, 0.4) is 0 Å². The van der Waals surface area contributed by atoms with E-state index in [1.807, 2.05) is 13.8 Å². The van der Waals surface area contributed by atoms with Crippen molar-refractivity contribution < 1.29 is 17.9 Å². The quantitative estimate of drug-likeness (QED) is 0.749. The van der Waals surface area contributed by atoms with Crippen molar-refractivity contribution in [1.29, 1.82) is 0 Å². The number of anilines is 1. The molecule has 100 valence electrons. The first-order chi connectivity index (χ1) is 8.54. The van der Waals surface area contributed by atoms with Crippen molar-refractivity contribution in [3.05, 3.63) is 23.8 Å². The van der Waals surface area contributed by atoms with E-state index in [1.54, 1.807) is 6.07 Å². The fraction of sp³-hybridized carbons (Fsp3) is 0.364. The fourth-order valence-electron chi connectivity index (χ4n) is 1.44. The molecule has 0 saturated heterocycles. The number of carbonyl (C=O) groups is 1. The Morgan fingerprint density at radius 3 is 2.61 bits per heavy atom. The van der Waals surface area contributed by atoms with E-state index in [0.29, 0.717) is 5.69 Å². The maximum atomic E-state index is 11.6. The van der Waals surface area contributed by atoms with Crippen molar-refractivity contribution in [3.8, 4) is 0 Å². The molecule has 1 aliphatic heterocycles. The number of methoxy groups -OCH3 is 1. The average molecular weight is 272 g/mol. The SMILES string of the molecule is CC.COC(=O)c1ccc2c(c1)S(=O)(=O)NCN2. The van der Waals surface area contributed by atoms with Gasteiger partial charge in [-0.05, 0) is 18.2 Å². The number of hydrogen-bond acceptors (Lipinski definition) is 5. The van der Waals surface area contributed by atoms with E-state index in [4.69, 9.17) is 0 Å². The van der Waals surface area contributed by atoms with Crippen molar-refractivity contribution in [3.63, 3.8) is 0 Å². The third kappa shape index (κ3) is 2.80. The predicted molar refractivity (Wildman–Crippen MR) is 67.9 cm³/mol. The van der Waals surface area contributed by atoms with E-state index in [1.165, 1.54) is 19.2 Å². The number of carbonyl (C=O) groups excluding carboxylic acids is 1. The molecule has 0 radical (unpaired) electrons. The Labute approximate surface area is 106 Å². The lowest BCUT2D eigenvalue weighted by Gasteiger charge is -2.19. The Morgan fingerprint density at radius 2 is 2.00 bits per heavy atom. The summed E-state index contributed by atoms with van der Waals surface area (Å²) in [5.41, 5.74) is 0.682. The van der Waals surface area contributed by atoms with Crippen LogP contribution in [0, 0.1) is 0 Å². The zero-order valence-electron chi connectivity index (χ0n) is 10.5. The first-order valence-electron chi connectivity index (χ1n) is 5.50. The molecular formula is C11H16N2O4S. The number of hydrogen-bond donors (Lipinski definition) is 2. The lowest BCUT2D eigenvalue weighted by molar-refractivity contribution is 0.0600. The Kier molecular flexibility index (Phi) is 4.69. The molecule has 0 aromatic heterocycles. The summed E-state index contributed by atoms with van der Waals surface area (Å²) in [5.74, 6) is -0.566. The molecule has 0 bridgehead atoms. The lowest BCUT2D eigenvalue weighted by Crippen LogP contribution is -2.34. The van der Waals surface area contributed by atoms with Gasteiger partial charge in [0, 0.05) is 0 Å². The van der Waals surface area contributed by atoms with E-state index in [0.717, 1.165) is 0 Å². The molecular weight excluding hydrogens is 256 g/mol. The molecule has 2 N–H and O–H groups in total. The van der Waals surface area contributed by atoms with Crippen molar-refractivity contribution in [2.45, 2.75) is 18.7 Å². The van der Waals surface area contributed by atoms with Crippen LogP contribution in [0.5, 0.6) is 0 Å². The standard InChI is InChI=1S/C9H10N2O4S.C2H6/c1-15-9(12)6-2-3-7-8(4-6)16(13,14)11-5-10-7;1-2/h2-4,10-11H,5H2,1H3;1-2H3. The van der Waals surface area contributed by atoms with Crippen LogP contribution in [-0.2, 0) is 14.8 Å². The summed E-state index contributed by atoms with van der Waals surface area (Å²) >= 11 is 0. The van der Waals surface area contributed by atoms with E-state index in [2.05, 4.69) is 14.8 Å². The molecule has 6 nitrogen and oxygen atoms in total. The van der Waals surface area contributed by atoms with Gasteiger partial charge in [0.05, 0.1) is 25.0 Å². The lowest BCUT2D eigenvalue weighted by atomic mass is 10.2. The highest BCUT2D eigenvalue weighted by Crippen LogP contribution is 2.25. The third-order valence-electron chi connectivity index (χ3n) is 2.23. The number of sulfonamides is 1. The Bertz CT molecular complexity index is 540. The average Bonchev–Trinajstić information content (AvgIpc) is 2.39. The van der Waals surface area contributed by atoms with Crippen LogP contribution >= 0.6 is 0 Å². The van der Waals surface area contributed by atoms with Crippen molar-refractivity contribution >= 4 is 21.7 Å². The van der Waals surface area contributed by atoms with Gasteiger partial charge < -0.3 is 10.1 Å². The van der Waals surface area contributed by atoms with E-state index >= 15 is 0 Å². The van der Waals surface area contributed by atoms with Gasteiger partial charge in [-0.1, -0.05) is 13.8 Å². The van der Waals surface area contributed by atoms with Gasteiger partial charge in [0.25, 0.3) is 0 Å². The van der Waals surface area contributed by atoms with E-state index in [-0.39, 0.29) is 17.1 Å². The highest BCUT2D eigenvalue weighted by Gasteiger charge is 2.24. The number of rotatable bonds is 1. The number of fused-ring (bicyclic) bond motifs is 1. The number of benzene rings is 1. The molecule has 1 aromatic rings. The van der Waals surface area contributed by atoms with Crippen LogP contribution in [0.1, 0.15) is 24.2 Å². The summed E-state index contributed by atoms with van der Waals surface area (Å²) in [5, 5.41) is 2.86. The van der Waals surface area contributed by atoms with E-state index < -0.39 is 16.0 Å². The molecule has 2 rings (SSSR count). The Hall–Kier alpha value is -1.60. The van der Waals surface area contributed by atoms with Gasteiger partial charge in [-0.2, -0.15) is 4.72 Å². The zero-order valence-corrected chi connectivity index (χ0v) is 11.3. The summed E-state index contributed by atoms with van der Waals surface area (Å²) < 4.78 is 30.1. The van der Waals surface area contributed by atoms with Crippen molar-refractivity contribution in [2.75, 3.05) is 19.1 Å². The Morgan fingerprint density at radius 1 is 1.33 bits per heavy atom. The highest BCUT2D eigenvalue weighted by molar-refractivity contribution is 7.89. The Balaban J connectivity index is 0.000000771. The topological polar surface area (TPSA) is 84.5 Å². The molecule has 18 heavy (non-hydrogen) atoms. The van der Waals surface area contributed by atoms with Crippen molar-refractivity contribution in [2.24, 2.45) is 0 Å². The second-order valence-corrected chi connectivity index (χ2v) is 4.94. The van der Waals surface area contributed by atoms with Gasteiger partial charge in [0.1, 0.15) is 4.90 Å². The zero-order chi connectivity index (χ0) is 13.8. The summed E-state index contributed by atoms with van der Waals surface area (Å²) in [7, 11) is -2.28. The maximum Gasteiger partial charge on any atom is 0.337 e. The van der Waals surface area contributed by atoms with Gasteiger partial charge in [-0.25, -0.2) is 13.2 Å². The summed E-state index contributed by atoms with van der Waals surface area (Å²) in [4.78, 5) is 11.3. The normalized spacial score (nSPS) is 15.5. The van der Waals surface area contributed by atoms with Crippen molar-refractivity contribution in [1.82, 2.24) is 4.72 Å². The highest BCUT2D eigenvalue weighted by atomic mass is 32.2. The van der Waals surface area contributed by atoms with Gasteiger partial charge in [-0.15, -0.1) is 0 Å². The molecule has 0 aliphatic carbocycles.